The van der Waals surface area contributed by atoms with E-state index in [1.165, 1.54) is 32.1 Å². The highest BCUT2D eigenvalue weighted by Gasteiger charge is 2.22. The lowest BCUT2D eigenvalue weighted by Crippen LogP contribution is -2.19. The van der Waals surface area contributed by atoms with Crippen LogP contribution in [0.2, 0.25) is 0 Å². The van der Waals surface area contributed by atoms with Gasteiger partial charge in [-0.1, -0.05) is 82.1 Å². The summed E-state index contributed by atoms with van der Waals surface area (Å²) < 4.78 is 0. The Morgan fingerprint density at radius 1 is 0.524 bits per heavy atom. The van der Waals surface area contributed by atoms with Crippen LogP contribution in [0.5, 0.6) is 0 Å². The molecule has 0 amide bonds. The van der Waals surface area contributed by atoms with E-state index in [9.17, 15) is 0 Å². The molecule has 0 aliphatic rings. The van der Waals surface area contributed by atoms with Gasteiger partial charge in [-0.15, -0.1) is 0 Å². The van der Waals surface area contributed by atoms with Gasteiger partial charge in [0.2, 0.25) is 0 Å². The van der Waals surface area contributed by atoms with Crippen LogP contribution in [0.15, 0.2) is 0 Å². The second kappa shape index (κ2) is 8.59. The summed E-state index contributed by atoms with van der Waals surface area (Å²) in [6.07, 6.45) is 6.98. The highest BCUT2D eigenvalue weighted by molar-refractivity contribution is 4.73. The third-order valence-corrected chi connectivity index (χ3v) is 5.95. The second-order valence-electron chi connectivity index (χ2n) is 10.1. The van der Waals surface area contributed by atoms with Gasteiger partial charge >= 0.3 is 0 Å². The highest BCUT2D eigenvalue weighted by Crippen LogP contribution is 2.33. The fourth-order valence-corrected chi connectivity index (χ4v) is 2.86. The van der Waals surface area contributed by atoms with Gasteiger partial charge in [0.1, 0.15) is 0 Å². The standard InChI is InChI=1S/C21H44/c1-16(11-13-18(3)20(5,6)7)15-17(2)12-14-19(4)21(8,9)10/h16-19H,11-15H2,1-10H3. The minimum atomic E-state index is 0.466. The van der Waals surface area contributed by atoms with E-state index in [0.29, 0.717) is 10.8 Å². The molecule has 0 saturated carbocycles. The van der Waals surface area contributed by atoms with Crippen molar-refractivity contribution >= 4 is 0 Å². The Kier molecular flexibility index (Phi) is 8.59. The molecule has 21 heavy (non-hydrogen) atoms. The van der Waals surface area contributed by atoms with E-state index >= 15 is 0 Å². The number of rotatable bonds is 8. The molecule has 0 fully saturated rings. The Balaban J connectivity index is 3.97. The molecule has 4 unspecified atom stereocenters. The molecule has 0 heteroatoms. The Bertz CT molecular complexity index is 235. The van der Waals surface area contributed by atoms with Gasteiger partial charge in [-0.25, -0.2) is 0 Å². The summed E-state index contributed by atoms with van der Waals surface area (Å²) in [4.78, 5) is 0. The van der Waals surface area contributed by atoms with E-state index in [1.807, 2.05) is 0 Å². The summed E-state index contributed by atoms with van der Waals surface area (Å²) in [5, 5.41) is 0. The predicted molar refractivity (Wildman–Crippen MR) is 98.7 cm³/mol. The molecule has 0 aliphatic heterocycles. The van der Waals surface area contributed by atoms with Gasteiger partial charge in [0.05, 0.1) is 0 Å². The van der Waals surface area contributed by atoms with Gasteiger partial charge < -0.3 is 0 Å². The molecule has 0 rings (SSSR count). The highest BCUT2D eigenvalue weighted by atomic mass is 14.3. The van der Waals surface area contributed by atoms with Crippen LogP contribution in [0.1, 0.15) is 101 Å². The molecule has 0 aromatic rings. The Morgan fingerprint density at radius 2 is 0.810 bits per heavy atom. The Morgan fingerprint density at radius 3 is 1.05 bits per heavy atom. The minimum Gasteiger partial charge on any atom is -0.0625 e. The van der Waals surface area contributed by atoms with Crippen LogP contribution < -0.4 is 0 Å². The van der Waals surface area contributed by atoms with Crippen LogP contribution in [0.4, 0.5) is 0 Å². The van der Waals surface area contributed by atoms with Crippen LogP contribution in [0.3, 0.4) is 0 Å². The van der Waals surface area contributed by atoms with E-state index in [2.05, 4.69) is 69.2 Å². The molecular weight excluding hydrogens is 252 g/mol. The molecule has 0 radical (unpaired) electrons. The van der Waals surface area contributed by atoms with E-state index in [1.54, 1.807) is 0 Å². The first-order valence-corrected chi connectivity index (χ1v) is 9.34. The van der Waals surface area contributed by atoms with Crippen molar-refractivity contribution in [1.29, 1.82) is 0 Å². The summed E-state index contributed by atoms with van der Waals surface area (Å²) in [5.41, 5.74) is 0.932. The zero-order chi connectivity index (χ0) is 16.8. The number of hydrogen-bond donors (Lipinski definition) is 0. The smallest absolute Gasteiger partial charge is 0.0357 e. The molecular formula is C21H44. The molecule has 0 heterocycles. The summed E-state index contributed by atoms with van der Waals surface area (Å²) in [6, 6.07) is 0. The lowest BCUT2D eigenvalue weighted by molar-refractivity contribution is 0.213. The predicted octanol–water partition coefficient (Wildman–Crippen LogP) is 7.57. The van der Waals surface area contributed by atoms with Crippen molar-refractivity contribution in [3.63, 3.8) is 0 Å². The zero-order valence-corrected chi connectivity index (χ0v) is 16.8. The number of hydrogen-bond acceptors (Lipinski definition) is 0. The van der Waals surface area contributed by atoms with Crippen LogP contribution in [-0.4, -0.2) is 0 Å². The van der Waals surface area contributed by atoms with Gasteiger partial charge in [0.15, 0.2) is 0 Å². The summed E-state index contributed by atoms with van der Waals surface area (Å²) >= 11 is 0. The van der Waals surface area contributed by atoms with Gasteiger partial charge in [0.25, 0.3) is 0 Å². The normalized spacial score (nSPS) is 19.1. The second-order valence-corrected chi connectivity index (χ2v) is 10.1. The van der Waals surface area contributed by atoms with Crippen molar-refractivity contribution in [2.24, 2.45) is 34.5 Å². The molecule has 0 aliphatic carbocycles. The molecule has 0 aromatic carbocycles. The molecule has 0 aromatic heterocycles. The van der Waals surface area contributed by atoms with E-state index in [0.717, 1.165) is 23.7 Å². The van der Waals surface area contributed by atoms with E-state index < -0.39 is 0 Å². The van der Waals surface area contributed by atoms with Gasteiger partial charge in [0, 0.05) is 0 Å². The molecule has 0 saturated heterocycles. The topological polar surface area (TPSA) is 0 Å². The van der Waals surface area contributed by atoms with Crippen molar-refractivity contribution in [3.8, 4) is 0 Å². The first kappa shape index (κ1) is 21.0. The third-order valence-electron chi connectivity index (χ3n) is 5.95. The van der Waals surface area contributed by atoms with Crippen LogP contribution >= 0.6 is 0 Å². The average molecular weight is 297 g/mol. The third kappa shape index (κ3) is 9.59. The molecule has 0 nitrogen and oxygen atoms in total. The monoisotopic (exact) mass is 296 g/mol. The average Bonchev–Trinajstić information content (AvgIpc) is 2.30. The molecule has 0 bridgehead atoms. The van der Waals surface area contributed by atoms with Crippen molar-refractivity contribution < 1.29 is 0 Å². The van der Waals surface area contributed by atoms with Gasteiger partial charge in [-0.2, -0.15) is 0 Å². The maximum atomic E-state index is 2.46. The Hall–Kier alpha value is 0. The lowest BCUT2D eigenvalue weighted by atomic mass is 9.76. The minimum absolute atomic E-state index is 0.466. The van der Waals surface area contributed by atoms with Crippen LogP contribution in [-0.2, 0) is 0 Å². The largest absolute Gasteiger partial charge is 0.0625 e. The lowest BCUT2D eigenvalue weighted by Gasteiger charge is -2.30. The van der Waals surface area contributed by atoms with Crippen molar-refractivity contribution in [2.45, 2.75) is 101 Å². The fraction of sp³-hybridized carbons (Fsp3) is 1.00. The summed E-state index contributed by atoms with van der Waals surface area (Å²) in [7, 11) is 0. The van der Waals surface area contributed by atoms with E-state index in [-0.39, 0.29) is 0 Å². The van der Waals surface area contributed by atoms with Crippen molar-refractivity contribution in [2.75, 3.05) is 0 Å². The first-order chi connectivity index (χ1) is 9.34. The van der Waals surface area contributed by atoms with Gasteiger partial charge in [-0.05, 0) is 53.8 Å². The zero-order valence-electron chi connectivity index (χ0n) is 16.8. The molecule has 128 valence electrons. The van der Waals surface area contributed by atoms with Crippen molar-refractivity contribution in [3.05, 3.63) is 0 Å². The summed E-state index contributed by atoms with van der Waals surface area (Å²) in [6.45, 7) is 24.0. The maximum Gasteiger partial charge on any atom is -0.0357 e. The fourth-order valence-electron chi connectivity index (χ4n) is 2.86. The SMILES string of the molecule is CC(CCC(C)C(C)(C)C)CC(C)CCC(C)C(C)(C)C. The molecule has 0 N–H and O–H groups in total. The van der Waals surface area contributed by atoms with Gasteiger partial charge in [-0.3, -0.25) is 0 Å². The van der Waals surface area contributed by atoms with Crippen LogP contribution in [0, 0.1) is 34.5 Å². The quantitative estimate of drug-likeness (QED) is 0.433. The maximum absolute atomic E-state index is 2.46. The van der Waals surface area contributed by atoms with Crippen molar-refractivity contribution in [1.82, 2.24) is 0 Å². The molecule has 0 spiro atoms. The van der Waals surface area contributed by atoms with E-state index in [4.69, 9.17) is 0 Å². The molecule has 4 atom stereocenters. The first-order valence-electron chi connectivity index (χ1n) is 9.34. The summed E-state index contributed by atoms with van der Waals surface area (Å²) in [5.74, 6) is 3.43. The Labute approximate surface area is 136 Å². The van der Waals surface area contributed by atoms with Crippen LogP contribution in [0.25, 0.3) is 0 Å².